The van der Waals surface area contributed by atoms with E-state index in [4.69, 9.17) is 5.26 Å². The molecular formula is C11H20N2O2S. The SMILES string of the molecule is CC(C)(C)CS(=O)(=O)NC1(C#N)CCCC1. The summed E-state index contributed by atoms with van der Waals surface area (Å²) < 4.78 is 26.4. The summed E-state index contributed by atoms with van der Waals surface area (Å²) in [5.41, 5.74) is -1.13. The number of nitrogens with zero attached hydrogens (tertiary/aromatic N) is 1. The second-order valence-corrected chi connectivity index (χ2v) is 7.55. The minimum Gasteiger partial charge on any atom is -0.212 e. The molecule has 0 aromatic carbocycles. The maximum atomic E-state index is 11.9. The first-order chi connectivity index (χ1) is 7.18. The van der Waals surface area contributed by atoms with E-state index in [1.165, 1.54) is 0 Å². The van der Waals surface area contributed by atoms with Crippen molar-refractivity contribution < 1.29 is 8.42 Å². The van der Waals surface area contributed by atoms with Crippen LogP contribution in [-0.4, -0.2) is 19.7 Å². The highest BCUT2D eigenvalue weighted by atomic mass is 32.2. The Hall–Kier alpha value is -0.600. The van der Waals surface area contributed by atoms with Crippen LogP contribution in [-0.2, 0) is 10.0 Å². The summed E-state index contributed by atoms with van der Waals surface area (Å²) in [5, 5.41) is 9.10. The number of nitriles is 1. The fourth-order valence-corrected chi connectivity index (χ4v) is 4.18. The van der Waals surface area contributed by atoms with Gasteiger partial charge in [0.1, 0.15) is 5.54 Å². The summed E-state index contributed by atoms with van der Waals surface area (Å²) in [7, 11) is -3.37. The van der Waals surface area contributed by atoms with Crippen molar-refractivity contribution in [3.8, 4) is 6.07 Å². The lowest BCUT2D eigenvalue weighted by Crippen LogP contribution is -2.47. The van der Waals surface area contributed by atoms with E-state index in [1.807, 2.05) is 20.8 Å². The van der Waals surface area contributed by atoms with Gasteiger partial charge in [0.2, 0.25) is 10.0 Å². The van der Waals surface area contributed by atoms with Gasteiger partial charge < -0.3 is 0 Å². The van der Waals surface area contributed by atoms with Gasteiger partial charge in [-0.3, -0.25) is 0 Å². The van der Waals surface area contributed by atoms with Crippen molar-refractivity contribution in [1.82, 2.24) is 4.72 Å². The normalized spacial score (nSPS) is 20.6. The highest BCUT2D eigenvalue weighted by molar-refractivity contribution is 7.89. The van der Waals surface area contributed by atoms with E-state index in [0.29, 0.717) is 12.8 Å². The maximum absolute atomic E-state index is 11.9. The summed E-state index contributed by atoms with van der Waals surface area (Å²) >= 11 is 0. The quantitative estimate of drug-likeness (QED) is 0.822. The van der Waals surface area contributed by atoms with Crippen molar-refractivity contribution in [2.45, 2.75) is 52.0 Å². The van der Waals surface area contributed by atoms with Crippen molar-refractivity contribution in [3.05, 3.63) is 0 Å². The molecule has 1 N–H and O–H groups in total. The zero-order valence-electron chi connectivity index (χ0n) is 10.2. The minimum absolute atomic E-state index is 0.0590. The Balaban J connectivity index is 2.76. The van der Waals surface area contributed by atoms with E-state index in [2.05, 4.69) is 10.8 Å². The molecule has 0 amide bonds. The van der Waals surface area contributed by atoms with Crippen LogP contribution in [0.25, 0.3) is 0 Å². The molecule has 1 aliphatic carbocycles. The van der Waals surface area contributed by atoms with Gasteiger partial charge in [-0.25, -0.2) is 8.42 Å². The van der Waals surface area contributed by atoms with Gasteiger partial charge in [0.15, 0.2) is 0 Å². The third kappa shape index (κ3) is 3.76. The van der Waals surface area contributed by atoms with Crippen LogP contribution in [0, 0.1) is 16.7 Å². The molecule has 1 aliphatic rings. The third-order valence-electron chi connectivity index (χ3n) is 2.65. The Morgan fingerprint density at radius 1 is 1.31 bits per heavy atom. The van der Waals surface area contributed by atoms with Gasteiger partial charge in [-0.15, -0.1) is 0 Å². The van der Waals surface area contributed by atoms with Crippen molar-refractivity contribution >= 4 is 10.0 Å². The largest absolute Gasteiger partial charge is 0.213 e. The van der Waals surface area contributed by atoms with Gasteiger partial charge in [-0.2, -0.15) is 9.98 Å². The Kier molecular flexibility index (Phi) is 3.65. The van der Waals surface area contributed by atoms with Crippen LogP contribution in [0.4, 0.5) is 0 Å². The van der Waals surface area contributed by atoms with Gasteiger partial charge in [0.05, 0.1) is 11.8 Å². The Labute approximate surface area is 98.1 Å². The number of hydrogen-bond donors (Lipinski definition) is 1. The average Bonchev–Trinajstić information content (AvgIpc) is 2.48. The van der Waals surface area contributed by atoms with Gasteiger partial charge in [-0.05, 0) is 18.3 Å². The van der Waals surface area contributed by atoms with E-state index in [-0.39, 0.29) is 11.2 Å². The van der Waals surface area contributed by atoms with E-state index in [0.717, 1.165) is 12.8 Å². The molecule has 0 bridgehead atoms. The molecule has 5 heteroatoms. The van der Waals surface area contributed by atoms with E-state index >= 15 is 0 Å². The minimum atomic E-state index is -3.37. The lowest BCUT2D eigenvalue weighted by molar-refractivity contribution is 0.440. The molecule has 1 fully saturated rings. The molecule has 0 unspecified atom stereocenters. The van der Waals surface area contributed by atoms with Gasteiger partial charge in [-0.1, -0.05) is 33.6 Å². The molecule has 0 aromatic rings. The fraction of sp³-hybridized carbons (Fsp3) is 0.909. The molecular weight excluding hydrogens is 224 g/mol. The maximum Gasteiger partial charge on any atom is 0.213 e. The summed E-state index contributed by atoms with van der Waals surface area (Å²) in [6.45, 7) is 5.62. The van der Waals surface area contributed by atoms with Crippen LogP contribution in [0.3, 0.4) is 0 Å². The first-order valence-electron chi connectivity index (χ1n) is 5.61. The highest BCUT2D eigenvalue weighted by Crippen LogP contribution is 2.30. The monoisotopic (exact) mass is 244 g/mol. The molecule has 0 saturated heterocycles. The molecule has 1 rings (SSSR count). The van der Waals surface area contributed by atoms with Crippen LogP contribution in [0.5, 0.6) is 0 Å². The molecule has 1 saturated carbocycles. The van der Waals surface area contributed by atoms with Crippen LogP contribution >= 0.6 is 0 Å². The highest BCUT2D eigenvalue weighted by Gasteiger charge is 2.38. The Morgan fingerprint density at radius 2 is 1.81 bits per heavy atom. The number of sulfonamides is 1. The standard InChI is InChI=1S/C11H20N2O2S/c1-10(2,3)9-16(14,15)13-11(8-12)6-4-5-7-11/h13H,4-7,9H2,1-3H3. The van der Waals surface area contributed by atoms with Gasteiger partial charge >= 0.3 is 0 Å². The molecule has 0 atom stereocenters. The summed E-state index contributed by atoms with van der Waals surface area (Å²) in [5.74, 6) is 0.0590. The van der Waals surface area contributed by atoms with Crippen LogP contribution in [0.2, 0.25) is 0 Å². The van der Waals surface area contributed by atoms with Gasteiger partial charge in [0, 0.05) is 0 Å². The molecule has 0 heterocycles. The Morgan fingerprint density at radius 3 is 2.19 bits per heavy atom. The molecule has 16 heavy (non-hydrogen) atoms. The summed E-state index contributed by atoms with van der Waals surface area (Å²) in [6.07, 6.45) is 3.11. The average molecular weight is 244 g/mol. The first kappa shape index (κ1) is 13.5. The number of hydrogen-bond acceptors (Lipinski definition) is 3. The predicted octanol–water partition coefficient (Wildman–Crippen LogP) is 1.79. The van der Waals surface area contributed by atoms with E-state index in [9.17, 15) is 8.42 Å². The molecule has 0 aliphatic heterocycles. The smallest absolute Gasteiger partial charge is 0.212 e. The number of rotatable bonds is 3. The second kappa shape index (κ2) is 4.34. The van der Waals surface area contributed by atoms with Crippen molar-refractivity contribution in [2.24, 2.45) is 5.41 Å². The van der Waals surface area contributed by atoms with Crippen LogP contribution in [0.15, 0.2) is 0 Å². The van der Waals surface area contributed by atoms with Crippen molar-refractivity contribution in [2.75, 3.05) is 5.75 Å². The predicted molar refractivity (Wildman–Crippen MR) is 63.2 cm³/mol. The zero-order valence-corrected chi connectivity index (χ0v) is 11.0. The Bertz CT molecular complexity index is 381. The van der Waals surface area contributed by atoms with E-state index < -0.39 is 15.6 Å². The summed E-state index contributed by atoms with van der Waals surface area (Å²) in [6, 6.07) is 2.13. The fourth-order valence-electron chi connectivity index (χ4n) is 2.12. The summed E-state index contributed by atoms with van der Waals surface area (Å²) in [4.78, 5) is 0. The van der Waals surface area contributed by atoms with Gasteiger partial charge in [0.25, 0.3) is 0 Å². The molecule has 0 aromatic heterocycles. The third-order valence-corrected chi connectivity index (χ3v) is 4.59. The van der Waals surface area contributed by atoms with Crippen LogP contribution in [0.1, 0.15) is 46.5 Å². The first-order valence-corrected chi connectivity index (χ1v) is 7.26. The second-order valence-electron chi connectivity index (χ2n) is 5.82. The molecule has 4 nitrogen and oxygen atoms in total. The lowest BCUT2D eigenvalue weighted by atomic mass is 10.0. The topological polar surface area (TPSA) is 70.0 Å². The molecule has 0 radical (unpaired) electrons. The zero-order chi connectivity index (χ0) is 12.4. The van der Waals surface area contributed by atoms with Crippen molar-refractivity contribution in [3.63, 3.8) is 0 Å². The van der Waals surface area contributed by atoms with E-state index in [1.54, 1.807) is 0 Å². The molecule has 0 spiro atoms. The van der Waals surface area contributed by atoms with Crippen LogP contribution < -0.4 is 4.72 Å². The molecule has 92 valence electrons. The number of nitrogens with one attached hydrogen (secondary N) is 1. The lowest BCUT2D eigenvalue weighted by Gasteiger charge is -2.25. The van der Waals surface area contributed by atoms with Crippen molar-refractivity contribution in [1.29, 1.82) is 5.26 Å².